The Morgan fingerprint density at radius 1 is 1.06 bits per heavy atom. The van der Waals surface area contributed by atoms with Gasteiger partial charge in [-0.05, 0) is 30.3 Å². The van der Waals surface area contributed by atoms with Gasteiger partial charge in [0.15, 0.2) is 6.29 Å². The molecule has 0 N–H and O–H groups in total. The molecule has 0 amide bonds. The smallest absolute Gasteiger partial charge is 0.153 e. The predicted molar refractivity (Wildman–Crippen MR) is 70.1 cm³/mol. The van der Waals surface area contributed by atoms with Crippen LogP contribution in [0.1, 0.15) is 10.4 Å². The molecule has 0 saturated carbocycles. The van der Waals surface area contributed by atoms with Gasteiger partial charge in [-0.1, -0.05) is 34.8 Å². The zero-order valence-corrected chi connectivity index (χ0v) is 10.7. The highest BCUT2D eigenvalue weighted by Gasteiger charge is 2.08. The number of aldehydes is 1. The van der Waals surface area contributed by atoms with Crippen LogP contribution in [0.2, 0.25) is 15.2 Å². The Morgan fingerprint density at radius 2 is 1.82 bits per heavy atom. The fourth-order valence-corrected chi connectivity index (χ4v) is 2.08. The van der Waals surface area contributed by atoms with Crippen molar-refractivity contribution in [1.82, 2.24) is 4.98 Å². The van der Waals surface area contributed by atoms with Gasteiger partial charge in [0.05, 0.1) is 16.3 Å². The first-order valence-corrected chi connectivity index (χ1v) is 5.82. The average molecular weight is 287 g/mol. The number of halogens is 3. The van der Waals surface area contributed by atoms with Crippen molar-refractivity contribution in [2.75, 3.05) is 0 Å². The van der Waals surface area contributed by atoms with Crippen molar-refractivity contribution in [1.29, 1.82) is 0 Å². The highest BCUT2D eigenvalue weighted by Crippen LogP contribution is 2.30. The second-order valence-electron chi connectivity index (χ2n) is 3.32. The van der Waals surface area contributed by atoms with Crippen molar-refractivity contribution in [2.45, 2.75) is 0 Å². The lowest BCUT2D eigenvalue weighted by Gasteiger charge is -2.05. The Morgan fingerprint density at radius 3 is 2.41 bits per heavy atom. The molecule has 2 nitrogen and oxygen atoms in total. The van der Waals surface area contributed by atoms with Crippen LogP contribution in [0.15, 0.2) is 30.3 Å². The average Bonchev–Trinajstić information content (AvgIpc) is 2.29. The third-order valence-corrected chi connectivity index (χ3v) is 3.06. The summed E-state index contributed by atoms with van der Waals surface area (Å²) in [6.45, 7) is 0. The van der Waals surface area contributed by atoms with Crippen LogP contribution < -0.4 is 0 Å². The van der Waals surface area contributed by atoms with Crippen molar-refractivity contribution in [3.8, 4) is 11.3 Å². The quantitative estimate of drug-likeness (QED) is 0.600. The topological polar surface area (TPSA) is 30.0 Å². The van der Waals surface area contributed by atoms with Gasteiger partial charge in [-0.2, -0.15) is 0 Å². The van der Waals surface area contributed by atoms with E-state index in [1.807, 2.05) is 0 Å². The highest BCUT2D eigenvalue weighted by molar-refractivity contribution is 6.36. The minimum atomic E-state index is 0.156. The molecular weight excluding hydrogens is 280 g/mol. The molecule has 1 aromatic carbocycles. The molecule has 86 valence electrons. The number of pyridine rings is 1. The van der Waals surface area contributed by atoms with Gasteiger partial charge in [0.1, 0.15) is 5.15 Å². The first-order valence-electron chi connectivity index (χ1n) is 4.69. The maximum Gasteiger partial charge on any atom is 0.153 e. The molecule has 5 heteroatoms. The first-order chi connectivity index (χ1) is 8.11. The molecule has 0 radical (unpaired) electrons. The van der Waals surface area contributed by atoms with Crippen LogP contribution in [0, 0.1) is 0 Å². The van der Waals surface area contributed by atoms with Gasteiger partial charge in [0, 0.05) is 10.6 Å². The van der Waals surface area contributed by atoms with Crippen LogP contribution in [0.5, 0.6) is 0 Å². The molecule has 2 aromatic rings. The third-order valence-electron chi connectivity index (χ3n) is 2.21. The highest BCUT2D eigenvalue weighted by atomic mass is 35.5. The van der Waals surface area contributed by atoms with Gasteiger partial charge < -0.3 is 0 Å². The third kappa shape index (κ3) is 2.60. The zero-order chi connectivity index (χ0) is 12.4. The van der Waals surface area contributed by atoms with Gasteiger partial charge in [-0.3, -0.25) is 4.79 Å². The lowest BCUT2D eigenvalue weighted by atomic mass is 10.1. The van der Waals surface area contributed by atoms with E-state index in [0.29, 0.717) is 27.6 Å². The number of nitrogens with zero attached hydrogens (tertiary/aromatic N) is 1. The van der Waals surface area contributed by atoms with E-state index < -0.39 is 0 Å². The second-order valence-corrected chi connectivity index (χ2v) is 4.52. The molecule has 1 heterocycles. The lowest BCUT2D eigenvalue weighted by Crippen LogP contribution is -1.90. The molecule has 2 rings (SSSR count). The summed E-state index contributed by atoms with van der Waals surface area (Å²) in [5.41, 5.74) is 1.66. The Bertz CT molecular complexity index is 584. The molecule has 0 bridgehead atoms. The molecule has 0 aliphatic carbocycles. The standard InChI is InChI=1S/C12H6Cl3NO/c13-8-2-3-9(10(14)5-8)11-4-1-7(6-17)12(15)16-11/h1-6H. The summed E-state index contributed by atoms with van der Waals surface area (Å²) in [7, 11) is 0. The van der Waals surface area contributed by atoms with Crippen molar-refractivity contribution < 1.29 is 4.79 Å². The van der Waals surface area contributed by atoms with Gasteiger partial charge in [-0.25, -0.2) is 4.98 Å². The summed E-state index contributed by atoms with van der Waals surface area (Å²) < 4.78 is 0. The molecule has 0 fully saturated rings. The molecule has 0 unspecified atom stereocenters. The van der Waals surface area contributed by atoms with E-state index in [-0.39, 0.29) is 5.15 Å². The number of rotatable bonds is 2. The molecule has 1 aromatic heterocycles. The van der Waals surface area contributed by atoms with E-state index in [1.165, 1.54) is 0 Å². The second kappa shape index (κ2) is 5.05. The zero-order valence-electron chi connectivity index (χ0n) is 8.45. The summed E-state index contributed by atoms with van der Waals surface area (Å²) >= 11 is 17.7. The van der Waals surface area contributed by atoms with Gasteiger partial charge in [0.2, 0.25) is 0 Å². The SMILES string of the molecule is O=Cc1ccc(-c2ccc(Cl)cc2Cl)nc1Cl. The van der Waals surface area contributed by atoms with Crippen LogP contribution in [0.25, 0.3) is 11.3 Å². The minimum absolute atomic E-state index is 0.156. The Balaban J connectivity index is 2.53. The van der Waals surface area contributed by atoms with Crippen molar-refractivity contribution in [3.63, 3.8) is 0 Å². The van der Waals surface area contributed by atoms with E-state index >= 15 is 0 Å². The van der Waals surface area contributed by atoms with Crippen molar-refractivity contribution in [3.05, 3.63) is 51.1 Å². The van der Waals surface area contributed by atoms with E-state index in [9.17, 15) is 4.79 Å². The number of carbonyl (C=O) groups excluding carboxylic acids is 1. The molecular formula is C12H6Cl3NO. The Labute approximate surface area is 113 Å². The van der Waals surface area contributed by atoms with E-state index in [4.69, 9.17) is 34.8 Å². The van der Waals surface area contributed by atoms with Crippen LogP contribution in [-0.2, 0) is 0 Å². The van der Waals surface area contributed by atoms with Crippen LogP contribution in [0.3, 0.4) is 0 Å². The monoisotopic (exact) mass is 285 g/mol. The minimum Gasteiger partial charge on any atom is -0.298 e. The van der Waals surface area contributed by atoms with E-state index in [0.717, 1.165) is 5.56 Å². The maximum absolute atomic E-state index is 10.6. The summed E-state index contributed by atoms with van der Waals surface area (Å²) in [5.74, 6) is 0. The largest absolute Gasteiger partial charge is 0.298 e. The molecule has 0 aliphatic rings. The fraction of sp³-hybridized carbons (Fsp3) is 0. The van der Waals surface area contributed by atoms with Crippen molar-refractivity contribution in [2.24, 2.45) is 0 Å². The Hall–Kier alpha value is -1.09. The maximum atomic E-state index is 10.6. The van der Waals surface area contributed by atoms with E-state index in [2.05, 4.69) is 4.98 Å². The normalized spacial score (nSPS) is 10.3. The summed E-state index contributed by atoms with van der Waals surface area (Å²) in [6.07, 6.45) is 0.655. The molecule has 0 saturated heterocycles. The van der Waals surface area contributed by atoms with Crippen LogP contribution in [-0.4, -0.2) is 11.3 Å². The van der Waals surface area contributed by atoms with E-state index in [1.54, 1.807) is 30.3 Å². The summed E-state index contributed by atoms with van der Waals surface area (Å²) in [4.78, 5) is 14.7. The number of carbonyl (C=O) groups is 1. The summed E-state index contributed by atoms with van der Waals surface area (Å²) in [6, 6.07) is 8.38. The van der Waals surface area contributed by atoms with Crippen LogP contribution in [0.4, 0.5) is 0 Å². The van der Waals surface area contributed by atoms with Gasteiger partial charge >= 0.3 is 0 Å². The van der Waals surface area contributed by atoms with Gasteiger partial charge in [-0.15, -0.1) is 0 Å². The molecule has 0 spiro atoms. The first kappa shape index (κ1) is 12.4. The Kier molecular flexibility index (Phi) is 3.67. The molecule has 17 heavy (non-hydrogen) atoms. The number of aromatic nitrogens is 1. The van der Waals surface area contributed by atoms with Gasteiger partial charge in [0.25, 0.3) is 0 Å². The molecule has 0 aliphatic heterocycles. The fourth-order valence-electron chi connectivity index (χ4n) is 1.38. The molecule has 0 atom stereocenters. The van der Waals surface area contributed by atoms with Crippen LogP contribution >= 0.6 is 34.8 Å². The predicted octanol–water partition coefficient (Wildman–Crippen LogP) is 4.52. The van der Waals surface area contributed by atoms with Crippen molar-refractivity contribution >= 4 is 41.1 Å². The number of hydrogen-bond acceptors (Lipinski definition) is 2. The number of benzene rings is 1. The lowest BCUT2D eigenvalue weighted by molar-refractivity contribution is 0.112. The summed E-state index contributed by atoms with van der Waals surface area (Å²) in [5, 5.41) is 1.19. The number of hydrogen-bond donors (Lipinski definition) is 0.